The lowest BCUT2D eigenvalue weighted by atomic mass is 10.0. The molecule has 0 aliphatic carbocycles. The second-order valence-electron chi connectivity index (χ2n) is 9.38. The summed E-state index contributed by atoms with van der Waals surface area (Å²) in [4.78, 5) is 23.0. The number of hydrogen-bond acceptors (Lipinski definition) is 8. The van der Waals surface area contributed by atoms with Crippen LogP contribution in [0.5, 0.6) is 5.75 Å². The van der Waals surface area contributed by atoms with Crippen LogP contribution in [0.4, 0.5) is 26.5 Å². The molecule has 0 saturated carbocycles. The number of anilines is 3. The van der Waals surface area contributed by atoms with E-state index in [0.29, 0.717) is 50.7 Å². The van der Waals surface area contributed by atoms with E-state index in [-0.39, 0.29) is 23.9 Å². The van der Waals surface area contributed by atoms with Gasteiger partial charge in [-0.25, -0.2) is 27.6 Å². The molecule has 4 rings (SSSR count). The molecule has 206 valence electrons. The summed E-state index contributed by atoms with van der Waals surface area (Å²) in [5, 5.41) is 12.0. The summed E-state index contributed by atoms with van der Waals surface area (Å²) in [6.45, 7) is 8.60. The van der Waals surface area contributed by atoms with Crippen LogP contribution in [0.3, 0.4) is 0 Å². The van der Waals surface area contributed by atoms with E-state index in [1.54, 1.807) is 0 Å². The van der Waals surface area contributed by atoms with Gasteiger partial charge in [0, 0.05) is 26.8 Å². The summed E-state index contributed by atoms with van der Waals surface area (Å²) < 4.78 is 43.5. The van der Waals surface area contributed by atoms with Crippen LogP contribution in [0.2, 0.25) is 0 Å². The molecule has 0 bridgehead atoms. The molecule has 1 aromatic carbocycles. The number of fused-ring (bicyclic) bond motifs is 1. The Morgan fingerprint density at radius 3 is 2.46 bits per heavy atom. The van der Waals surface area contributed by atoms with E-state index in [1.807, 2.05) is 0 Å². The van der Waals surface area contributed by atoms with E-state index in [0.717, 1.165) is 18.2 Å². The molecule has 0 spiro atoms. The number of carboxylic acid groups (broad SMARTS) is 1. The average molecular weight is 540 g/mol. The zero-order chi connectivity index (χ0) is 27.2. The number of benzene rings is 1. The van der Waals surface area contributed by atoms with Gasteiger partial charge in [0.25, 0.3) is 0 Å². The third-order valence-corrected chi connectivity index (χ3v) is 7.94. The Bertz CT molecular complexity index is 1190. The predicted molar refractivity (Wildman–Crippen MR) is 142 cm³/mol. The van der Waals surface area contributed by atoms with Crippen molar-refractivity contribution in [2.24, 2.45) is 5.92 Å². The molecule has 0 unspecified atom stereocenters. The highest BCUT2D eigenvalue weighted by molar-refractivity contribution is 7.90. The molecule has 3 heterocycles. The van der Waals surface area contributed by atoms with Gasteiger partial charge in [-0.05, 0) is 37.0 Å². The molecule has 2 N–H and O–H groups in total. The second kappa shape index (κ2) is 12.4. The maximum Gasteiger partial charge on any atom is 0.407 e. The van der Waals surface area contributed by atoms with Crippen molar-refractivity contribution in [3.63, 3.8) is 0 Å². The van der Waals surface area contributed by atoms with E-state index < -0.39 is 21.7 Å². The normalized spacial score (nSPS) is 15.9. The van der Waals surface area contributed by atoms with Crippen LogP contribution >= 0.6 is 0 Å². The first-order chi connectivity index (χ1) is 17.5. The molecule has 1 amide bonds. The first-order valence-corrected chi connectivity index (χ1v) is 14.4. The van der Waals surface area contributed by atoms with Crippen molar-refractivity contribution >= 4 is 33.3 Å². The lowest BCUT2D eigenvalue weighted by Crippen LogP contribution is -2.49. The SMILES string of the molecule is CCC(C)CC.CS(=O)(=O)c1ccc(Nc2ncnc3c2OCCN3C2CCN(C(=O)O)CC2)c(F)c1.[HH]. The number of piperidine rings is 1. The minimum absolute atomic E-state index is 0. The Morgan fingerprint density at radius 2 is 1.92 bits per heavy atom. The number of carbonyl (C=O) groups is 1. The summed E-state index contributed by atoms with van der Waals surface area (Å²) in [6.07, 6.45) is 5.43. The number of hydrogen-bond donors (Lipinski definition) is 2. The van der Waals surface area contributed by atoms with Crippen LogP contribution in [-0.2, 0) is 9.84 Å². The van der Waals surface area contributed by atoms with Crippen LogP contribution in [-0.4, -0.2) is 73.0 Å². The van der Waals surface area contributed by atoms with Crippen molar-refractivity contribution in [1.29, 1.82) is 0 Å². The largest absolute Gasteiger partial charge is 0.485 e. The molecule has 37 heavy (non-hydrogen) atoms. The molecule has 12 heteroatoms. The highest BCUT2D eigenvalue weighted by atomic mass is 32.2. The minimum Gasteiger partial charge on any atom is -0.485 e. The van der Waals surface area contributed by atoms with Gasteiger partial charge in [0.05, 0.1) is 17.1 Å². The molecular weight excluding hydrogens is 501 g/mol. The zero-order valence-electron chi connectivity index (χ0n) is 21.8. The smallest absolute Gasteiger partial charge is 0.407 e. The number of nitrogens with one attached hydrogen (secondary N) is 1. The maximum atomic E-state index is 14.5. The van der Waals surface area contributed by atoms with Gasteiger partial charge in [-0.1, -0.05) is 33.6 Å². The highest BCUT2D eigenvalue weighted by Crippen LogP contribution is 2.39. The van der Waals surface area contributed by atoms with Crippen LogP contribution in [0.25, 0.3) is 0 Å². The Balaban J connectivity index is 0.000000652. The van der Waals surface area contributed by atoms with Gasteiger partial charge < -0.3 is 25.0 Å². The van der Waals surface area contributed by atoms with Crippen LogP contribution in [0, 0.1) is 11.7 Å². The van der Waals surface area contributed by atoms with Crippen molar-refractivity contribution in [3.05, 3.63) is 30.3 Å². The quantitative estimate of drug-likeness (QED) is 0.533. The number of halogens is 1. The zero-order valence-corrected chi connectivity index (χ0v) is 22.6. The van der Waals surface area contributed by atoms with Crippen molar-refractivity contribution in [2.75, 3.05) is 42.7 Å². The van der Waals surface area contributed by atoms with Gasteiger partial charge in [-0.15, -0.1) is 0 Å². The van der Waals surface area contributed by atoms with Gasteiger partial charge in [0.2, 0.25) is 5.75 Å². The van der Waals surface area contributed by atoms with Gasteiger partial charge >= 0.3 is 6.09 Å². The van der Waals surface area contributed by atoms with Gasteiger partial charge in [0.15, 0.2) is 21.5 Å². The monoisotopic (exact) mass is 539 g/mol. The summed E-state index contributed by atoms with van der Waals surface area (Å²) in [7, 11) is -3.52. The molecule has 0 atom stereocenters. The van der Waals surface area contributed by atoms with E-state index in [9.17, 15) is 17.6 Å². The Morgan fingerprint density at radius 1 is 1.24 bits per heavy atom. The third-order valence-electron chi connectivity index (χ3n) is 6.83. The van der Waals surface area contributed by atoms with Crippen LogP contribution in [0.15, 0.2) is 29.4 Å². The molecule has 1 aromatic heterocycles. The third kappa shape index (κ3) is 7.21. The van der Waals surface area contributed by atoms with E-state index >= 15 is 0 Å². The van der Waals surface area contributed by atoms with E-state index in [4.69, 9.17) is 9.84 Å². The lowest BCUT2D eigenvalue weighted by molar-refractivity contribution is 0.130. The second-order valence-corrected chi connectivity index (χ2v) is 11.4. The van der Waals surface area contributed by atoms with Gasteiger partial charge in [0.1, 0.15) is 18.8 Å². The van der Waals surface area contributed by atoms with Crippen molar-refractivity contribution in [2.45, 2.75) is 57.4 Å². The molecule has 2 aliphatic rings. The Kier molecular flexibility index (Phi) is 9.52. The number of aromatic nitrogens is 2. The number of likely N-dealkylation sites (tertiary alicyclic amines) is 1. The van der Waals surface area contributed by atoms with Crippen molar-refractivity contribution in [3.8, 4) is 5.75 Å². The first kappa shape index (κ1) is 28.4. The number of sulfone groups is 1. The summed E-state index contributed by atoms with van der Waals surface area (Å²) in [6, 6.07) is 3.71. The summed E-state index contributed by atoms with van der Waals surface area (Å²) in [5.74, 6) is 1.41. The predicted octanol–water partition coefficient (Wildman–Crippen LogP) is 4.79. The van der Waals surface area contributed by atoms with E-state index in [1.165, 1.54) is 36.2 Å². The van der Waals surface area contributed by atoms with Gasteiger partial charge in [-0.2, -0.15) is 0 Å². The molecule has 10 nitrogen and oxygen atoms in total. The number of ether oxygens (including phenoxy) is 1. The topological polar surface area (TPSA) is 125 Å². The highest BCUT2D eigenvalue weighted by Gasteiger charge is 2.32. The number of nitrogens with zero attached hydrogens (tertiary/aromatic N) is 4. The number of amides is 1. The van der Waals surface area contributed by atoms with E-state index in [2.05, 4.69) is 41.0 Å². The van der Waals surface area contributed by atoms with Crippen LogP contribution in [0.1, 0.15) is 47.9 Å². The Labute approximate surface area is 219 Å². The van der Waals surface area contributed by atoms with Gasteiger partial charge in [-0.3, -0.25) is 0 Å². The fourth-order valence-electron chi connectivity index (χ4n) is 4.11. The summed E-state index contributed by atoms with van der Waals surface area (Å²) >= 11 is 0. The minimum atomic E-state index is -3.52. The molecule has 2 aromatic rings. The fraction of sp³-hybridized carbons (Fsp3) is 0.560. The van der Waals surface area contributed by atoms with Crippen molar-refractivity contribution < 1.29 is 28.9 Å². The van der Waals surface area contributed by atoms with Crippen molar-refractivity contribution in [1.82, 2.24) is 14.9 Å². The number of rotatable bonds is 6. The molecule has 0 radical (unpaired) electrons. The molecule has 1 fully saturated rings. The van der Waals surface area contributed by atoms with Crippen LogP contribution < -0.4 is 15.0 Å². The first-order valence-electron chi connectivity index (χ1n) is 12.5. The summed E-state index contributed by atoms with van der Waals surface area (Å²) in [5.41, 5.74) is 0.0591. The molecule has 1 saturated heterocycles. The Hall–Kier alpha value is -3.15. The molecule has 2 aliphatic heterocycles. The fourth-order valence-corrected chi connectivity index (χ4v) is 4.74. The standard InChI is InChI=1S/C19H22FN5O5S.C6H14.H2/c1-31(28,29)13-2-3-15(14(20)10-13)23-17-16-18(22-11-21-17)25(8-9-30-16)12-4-6-24(7-5-12)19(26)27;1-4-6(3)5-2;/h2-3,10-12H,4-9H2,1H3,(H,26,27)(H,21,22,23);6H,4-5H2,1-3H3;1H. The molecular formula is C25H38FN5O5S. The lowest BCUT2D eigenvalue weighted by Gasteiger charge is -2.40. The average Bonchev–Trinajstić information content (AvgIpc) is 2.89. The maximum absolute atomic E-state index is 14.5.